The lowest BCUT2D eigenvalue weighted by atomic mass is 10.6. The highest BCUT2D eigenvalue weighted by atomic mass is 32.3. The fourth-order valence-electron chi connectivity index (χ4n) is 0.532. The number of hydrogen-bond donors (Lipinski definition) is 2. The highest BCUT2D eigenvalue weighted by Crippen LogP contribution is 1.90. The molecule has 7 heteroatoms. The van der Waals surface area contributed by atoms with Crippen molar-refractivity contribution in [1.29, 1.82) is 0 Å². The van der Waals surface area contributed by atoms with Crippen molar-refractivity contribution in [3.05, 3.63) is 12.8 Å². The average Bonchev–Trinajstić information content (AvgIpc) is 2.33. The molecule has 0 atom stereocenters. The maximum absolute atomic E-state index is 8.74. The first kappa shape index (κ1) is 11.1. The first-order chi connectivity index (χ1) is 5.43. The first-order valence-corrected chi connectivity index (χ1v) is 4.41. The zero-order chi connectivity index (χ0) is 9.61. The summed E-state index contributed by atoms with van der Waals surface area (Å²) in [6.45, 7) is 5.50. The summed E-state index contributed by atoms with van der Waals surface area (Å²) in [6.07, 6.45) is 3.57. The van der Waals surface area contributed by atoms with E-state index in [-0.39, 0.29) is 0 Å². The van der Waals surface area contributed by atoms with Crippen LogP contribution in [0.15, 0.2) is 17.8 Å². The van der Waals surface area contributed by atoms with Gasteiger partial charge in [0.2, 0.25) is 0 Å². The Labute approximate surface area is 70.8 Å². The lowest BCUT2D eigenvalue weighted by Gasteiger charge is -2.02. The summed E-state index contributed by atoms with van der Waals surface area (Å²) in [4.78, 5) is 5.92. The van der Waals surface area contributed by atoms with Crippen LogP contribution in [0.1, 0.15) is 0 Å². The Morgan fingerprint density at radius 3 is 2.25 bits per heavy atom. The standard InChI is InChI=1S/C5H8N2.H2O4S/c1-2-7-4-3-6-5-7;1-5(2,3)4/h2,5H,1,3-4H2;(H2,1,2,3,4). The van der Waals surface area contributed by atoms with Crippen molar-refractivity contribution in [3.8, 4) is 0 Å². The zero-order valence-corrected chi connectivity index (χ0v) is 7.11. The van der Waals surface area contributed by atoms with E-state index in [1.54, 1.807) is 12.5 Å². The van der Waals surface area contributed by atoms with Crippen LogP contribution < -0.4 is 0 Å². The van der Waals surface area contributed by atoms with Crippen LogP contribution in [0.3, 0.4) is 0 Å². The highest BCUT2D eigenvalue weighted by molar-refractivity contribution is 7.79. The Bertz CT molecular complexity index is 251. The maximum atomic E-state index is 8.74. The van der Waals surface area contributed by atoms with E-state index in [9.17, 15) is 0 Å². The van der Waals surface area contributed by atoms with Gasteiger partial charge in [-0.05, 0) is 6.20 Å². The Balaban J connectivity index is 0.000000217. The molecule has 0 aliphatic carbocycles. The molecule has 0 aromatic heterocycles. The molecule has 70 valence electrons. The van der Waals surface area contributed by atoms with E-state index in [4.69, 9.17) is 17.5 Å². The number of nitrogens with zero attached hydrogens (tertiary/aromatic N) is 2. The van der Waals surface area contributed by atoms with Gasteiger partial charge in [-0.2, -0.15) is 8.42 Å². The monoisotopic (exact) mass is 194 g/mol. The van der Waals surface area contributed by atoms with Gasteiger partial charge in [0.15, 0.2) is 0 Å². The van der Waals surface area contributed by atoms with Gasteiger partial charge in [0.1, 0.15) is 0 Å². The van der Waals surface area contributed by atoms with Crippen LogP contribution in [0.2, 0.25) is 0 Å². The molecule has 0 saturated carbocycles. The Hall–Kier alpha value is -0.920. The third-order valence-corrected chi connectivity index (χ3v) is 0.952. The van der Waals surface area contributed by atoms with E-state index in [1.165, 1.54) is 0 Å². The van der Waals surface area contributed by atoms with Crippen LogP contribution in [-0.4, -0.2) is 41.9 Å². The van der Waals surface area contributed by atoms with Gasteiger partial charge >= 0.3 is 10.4 Å². The minimum absolute atomic E-state index is 0.923. The molecule has 6 nitrogen and oxygen atoms in total. The summed E-state index contributed by atoms with van der Waals surface area (Å²) in [5.41, 5.74) is 0. The molecule has 0 saturated heterocycles. The summed E-state index contributed by atoms with van der Waals surface area (Å²) < 4.78 is 31.6. The maximum Gasteiger partial charge on any atom is 0.394 e. The predicted octanol–water partition coefficient (Wildman–Crippen LogP) is -0.179. The third kappa shape index (κ3) is 9.08. The van der Waals surface area contributed by atoms with Gasteiger partial charge in [-0.15, -0.1) is 0 Å². The lowest BCUT2D eigenvalue weighted by molar-refractivity contribution is 0.381. The number of hydrogen-bond acceptors (Lipinski definition) is 4. The molecule has 2 N–H and O–H groups in total. The summed E-state index contributed by atoms with van der Waals surface area (Å²) in [6, 6.07) is 0. The molecule has 12 heavy (non-hydrogen) atoms. The molecule has 1 aliphatic heterocycles. The first-order valence-electron chi connectivity index (χ1n) is 3.01. The molecule has 0 aromatic carbocycles. The Morgan fingerprint density at radius 2 is 2.08 bits per heavy atom. The van der Waals surface area contributed by atoms with Gasteiger partial charge < -0.3 is 4.90 Å². The molecule has 1 aliphatic rings. The van der Waals surface area contributed by atoms with E-state index in [0.29, 0.717) is 0 Å². The Kier molecular flexibility index (Phi) is 4.49. The van der Waals surface area contributed by atoms with Crippen LogP contribution >= 0.6 is 0 Å². The Morgan fingerprint density at radius 1 is 1.58 bits per heavy atom. The molecule has 0 amide bonds. The zero-order valence-electron chi connectivity index (χ0n) is 6.29. The van der Waals surface area contributed by atoms with Crippen LogP contribution in [-0.2, 0) is 10.4 Å². The highest BCUT2D eigenvalue weighted by Gasteiger charge is 1.96. The largest absolute Gasteiger partial charge is 0.394 e. The third-order valence-electron chi connectivity index (χ3n) is 0.952. The van der Waals surface area contributed by atoms with E-state index >= 15 is 0 Å². The molecule has 0 radical (unpaired) electrons. The predicted molar refractivity (Wildman–Crippen MR) is 44.4 cm³/mol. The normalized spacial score (nSPS) is 15.3. The summed E-state index contributed by atoms with van der Waals surface area (Å²) in [7, 11) is -4.67. The van der Waals surface area contributed by atoms with E-state index in [2.05, 4.69) is 11.6 Å². The van der Waals surface area contributed by atoms with Crippen molar-refractivity contribution in [1.82, 2.24) is 4.90 Å². The van der Waals surface area contributed by atoms with Crippen molar-refractivity contribution >= 4 is 16.7 Å². The lowest BCUT2D eigenvalue weighted by Crippen LogP contribution is -2.09. The van der Waals surface area contributed by atoms with Crippen molar-refractivity contribution in [2.24, 2.45) is 4.99 Å². The van der Waals surface area contributed by atoms with Gasteiger partial charge in [-0.1, -0.05) is 6.58 Å². The van der Waals surface area contributed by atoms with Crippen molar-refractivity contribution in [2.45, 2.75) is 0 Å². The second kappa shape index (κ2) is 4.86. The molecule has 0 bridgehead atoms. The van der Waals surface area contributed by atoms with Crippen LogP contribution in [0, 0.1) is 0 Å². The molecule has 1 heterocycles. The molecule has 1 rings (SSSR count). The quantitative estimate of drug-likeness (QED) is 0.565. The van der Waals surface area contributed by atoms with Crippen molar-refractivity contribution < 1.29 is 17.5 Å². The molecule has 0 spiro atoms. The number of aliphatic imine (C=N–C) groups is 1. The molecular formula is C5H10N2O4S. The fourth-order valence-corrected chi connectivity index (χ4v) is 0.532. The molecular weight excluding hydrogens is 184 g/mol. The van der Waals surface area contributed by atoms with E-state index < -0.39 is 10.4 Å². The second-order valence-corrected chi connectivity index (χ2v) is 2.79. The van der Waals surface area contributed by atoms with Crippen molar-refractivity contribution in [3.63, 3.8) is 0 Å². The summed E-state index contributed by atoms with van der Waals surface area (Å²) >= 11 is 0. The minimum atomic E-state index is -4.67. The second-order valence-electron chi connectivity index (χ2n) is 1.89. The van der Waals surface area contributed by atoms with Gasteiger partial charge in [0.05, 0.1) is 12.9 Å². The van der Waals surface area contributed by atoms with Crippen LogP contribution in [0.5, 0.6) is 0 Å². The topological polar surface area (TPSA) is 90.2 Å². The molecule has 0 unspecified atom stereocenters. The van der Waals surface area contributed by atoms with Gasteiger partial charge in [0.25, 0.3) is 0 Å². The van der Waals surface area contributed by atoms with E-state index in [0.717, 1.165) is 13.1 Å². The molecule has 0 fully saturated rings. The molecule has 0 aromatic rings. The summed E-state index contributed by atoms with van der Waals surface area (Å²) in [5, 5.41) is 0. The summed E-state index contributed by atoms with van der Waals surface area (Å²) in [5.74, 6) is 0. The van der Waals surface area contributed by atoms with Gasteiger partial charge in [-0.25, -0.2) is 0 Å². The van der Waals surface area contributed by atoms with Gasteiger partial charge in [-0.3, -0.25) is 14.1 Å². The van der Waals surface area contributed by atoms with Gasteiger partial charge in [0, 0.05) is 6.54 Å². The SMILES string of the molecule is C=CN1C=NCC1.O=S(=O)(O)O. The fraction of sp³-hybridized carbons (Fsp3) is 0.400. The van der Waals surface area contributed by atoms with E-state index in [1.807, 2.05) is 4.90 Å². The van der Waals surface area contributed by atoms with Crippen LogP contribution in [0.4, 0.5) is 0 Å². The van der Waals surface area contributed by atoms with Crippen molar-refractivity contribution in [2.75, 3.05) is 13.1 Å². The van der Waals surface area contributed by atoms with Crippen LogP contribution in [0.25, 0.3) is 0 Å². The smallest absolute Gasteiger partial charge is 0.338 e. The average molecular weight is 194 g/mol. The number of rotatable bonds is 1. The minimum Gasteiger partial charge on any atom is -0.338 e.